The SMILES string of the molecule is CNCC1CCN(C(CC#N)c2ccccc2)C1. The maximum absolute atomic E-state index is 9.04. The lowest BCUT2D eigenvalue weighted by Crippen LogP contribution is -2.28. The molecule has 1 fully saturated rings. The molecule has 3 heteroatoms. The summed E-state index contributed by atoms with van der Waals surface area (Å²) in [6, 6.07) is 13.0. The predicted molar refractivity (Wildman–Crippen MR) is 73.0 cm³/mol. The Bertz CT molecular complexity index is 396. The number of hydrogen-bond donors (Lipinski definition) is 1. The number of nitrogens with zero attached hydrogens (tertiary/aromatic N) is 2. The van der Waals surface area contributed by atoms with Crippen molar-refractivity contribution < 1.29 is 0 Å². The number of likely N-dealkylation sites (tertiary alicyclic amines) is 1. The average Bonchev–Trinajstić information content (AvgIpc) is 2.86. The molecule has 18 heavy (non-hydrogen) atoms. The van der Waals surface area contributed by atoms with E-state index in [4.69, 9.17) is 5.26 Å². The molecule has 0 saturated carbocycles. The summed E-state index contributed by atoms with van der Waals surface area (Å²) in [5, 5.41) is 12.3. The van der Waals surface area contributed by atoms with Gasteiger partial charge in [-0.25, -0.2) is 0 Å². The van der Waals surface area contributed by atoms with Crippen LogP contribution >= 0.6 is 0 Å². The third-order valence-electron chi connectivity index (χ3n) is 3.72. The van der Waals surface area contributed by atoms with Gasteiger partial charge in [0.15, 0.2) is 0 Å². The van der Waals surface area contributed by atoms with Crippen molar-refractivity contribution in [2.45, 2.75) is 18.9 Å². The normalized spacial score (nSPS) is 21.7. The third kappa shape index (κ3) is 3.10. The van der Waals surface area contributed by atoms with E-state index in [0.717, 1.165) is 25.6 Å². The van der Waals surface area contributed by atoms with Crippen molar-refractivity contribution in [3.8, 4) is 6.07 Å². The van der Waals surface area contributed by atoms with Crippen LogP contribution in [0.3, 0.4) is 0 Å². The summed E-state index contributed by atoms with van der Waals surface area (Å²) in [4.78, 5) is 2.46. The highest BCUT2D eigenvalue weighted by Gasteiger charge is 2.28. The monoisotopic (exact) mass is 243 g/mol. The second kappa shape index (κ2) is 6.53. The Morgan fingerprint density at radius 1 is 1.44 bits per heavy atom. The van der Waals surface area contributed by atoms with Crippen molar-refractivity contribution in [2.75, 3.05) is 26.7 Å². The van der Waals surface area contributed by atoms with Crippen LogP contribution in [0.4, 0.5) is 0 Å². The van der Waals surface area contributed by atoms with Gasteiger partial charge in [0.2, 0.25) is 0 Å². The van der Waals surface area contributed by atoms with E-state index in [2.05, 4.69) is 40.6 Å². The van der Waals surface area contributed by atoms with Gasteiger partial charge in [-0.1, -0.05) is 30.3 Å². The molecule has 2 unspecified atom stereocenters. The average molecular weight is 243 g/mol. The summed E-state index contributed by atoms with van der Waals surface area (Å²) in [5.41, 5.74) is 1.27. The third-order valence-corrected chi connectivity index (χ3v) is 3.72. The van der Waals surface area contributed by atoms with Gasteiger partial charge in [0.1, 0.15) is 0 Å². The van der Waals surface area contributed by atoms with Gasteiger partial charge >= 0.3 is 0 Å². The first-order valence-corrected chi connectivity index (χ1v) is 6.65. The molecule has 1 aliphatic heterocycles. The molecule has 1 aliphatic rings. The highest BCUT2D eigenvalue weighted by molar-refractivity contribution is 5.20. The van der Waals surface area contributed by atoms with Crippen molar-refractivity contribution in [3.63, 3.8) is 0 Å². The summed E-state index contributed by atoms with van der Waals surface area (Å²) in [7, 11) is 2.01. The second-order valence-electron chi connectivity index (χ2n) is 5.00. The van der Waals surface area contributed by atoms with E-state index in [-0.39, 0.29) is 6.04 Å². The van der Waals surface area contributed by atoms with Gasteiger partial charge in [0, 0.05) is 12.6 Å². The first kappa shape index (κ1) is 13.1. The number of nitriles is 1. The van der Waals surface area contributed by atoms with Crippen LogP contribution in [0.25, 0.3) is 0 Å². The van der Waals surface area contributed by atoms with Crippen LogP contribution in [0.1, 0.15) is 24.4 Å². The van der Waals surface area contributed by atoms with Crippen LogP contribution < -0.4 is 5.32 Å². The van der Waals surface area contributed by atoms with Crippen LogP contribution in [0, 0.1) is 17.2 Å². The smallest absolute Gasteiger partial charge is 0.0641 e. The van der Waals surface area contributed by atoms with Gasteiger partial charge in [-0.3, -0.25) is 4.90 Å². The van der Waals surface area contributed by atoms with Crippen LogP contribution in [0.2, 0.25) is 0 Å². The van der Waals surface area contributed by atoms with Crippen molar-refractivity contribution in [2.24, 2.45) is 5.92 Å². The molecule has 3 nitrogen and oxygen atoms in total. The van der Waals surface area contributed by atoms with Gasteiger partial charge in [-0.2, -0.15) is 5.26 Å². The molecule has 0 aliphatic carbocycles. The molecule has 1 heterocycles. The summed E-state index contributed by atoms with van der Waals surface area (Å²) < 4.78 is 0. The molecule has 1 aromatic rings. The summed E-state index contributed by atoms with van der Waals surface area (Å²) in [5.74, 6) is 0.722. The molecular weight excluding hydrogens is 222 g/mol. The van der Waals surface area contributed by atoms with Crippen LogP contribution in [-0.4, -0.2) is 31.6 Å². The van der Waals surface area contributed by atoms with Gasteiger partial charge in [-0.05, 0) is 38.0 Å². The summed E-state index contributed by atoms with van der Waals surface area (Å²) in [6.07, 6.45) is 1.81. The van der Waals surface area contributed by atoms with Crippen LogP contribution in [-0.2, 0) is 0 Å². The first-order valence-electron chi connectivity index (χ1n) is 6.65. The molecule has 1 saturated heterocycles. The van der Waals surface area contributed by atoms with E-state index in [9.17, 15) is 0 Å². The van der Waals surface area contributed by atoms with Crippen molar-refractivity contribution in [1.82, 2.24) is 10.2 Å². The van der Waals surface area contributed by atoms with Crippen LogP contribution in [0.5, 0.6) is 0 Å². The van der Waals surface area contributed by atoms with E-state index < -0.39 is 0 Å². The Hall–Kier alpha value is -1.37. The molecule has 0 amide bonds. The quantitative estimate of drug-likeness (QED) is 0.861. The number of nitrogens with one attached hydrogen (secondary N) is 1. The molecule has 2 atom stereocenters. The topological polar surface area (TPSA) is 39.1 Å². The van der Waals surface area contributed by atoms with E-state index in [1.165, 1.54) is 12.0 Å². The number of hydrogen-bond acceptors (Lipinski definition) is 3. The Morgan fingerprint density at radius 2 is 2.22 bits per heavy atom. The predicted octanol–water partition coefficient (Wildman–Crippen LogP) is 2.18. The van der Waals surface area contributed by atoms with Gasteiger partial charge in [0.25, 0.3) is 0 Å². The summed E-state index contributed by atoms with van der Waals surface area (Å²) in [6.45, 7) is 3.28. The van der Waals surface area contributed by atoms with Gasteiger partial charge in [-0.15, -0.1) is 0 Å². The largest absolute Gasteiger partial charge is 0.319 e. The lowest BCUT2D eigenvalue weighted by Gasteiger charge is -2.26. The lowest BCUT2D eigenvalue weighted by molar-refractivity contribution is 0.239. The fourth-order valence-corrected chi connectivity index (χ4v) is 2.82. The van der Waals surface area contributed by atoms with Gasteiger partial charge in [0.05, 0.1) is 12.5 Å². The Labute approximate surface area is 109 Å². The molecule has 0 spiro atoms. The van der Waals surface area contributed by atoms with Crippen molar-refractivity contribution in [3.05, 3.63) is 35.9 Å². The fourth-order valence-electron chi connectivity index (χ4n) is 2.82. The molecule has 0 aromatic heterocycles. The highest BCUT2D eigenvalue weighted by atomic mass is 15.2. The van der Waals surface area contributed by atoms with E-state index in [1.54, 1.807) is 0 Å². The highest BCUT2D eigenvalue weighted by Crippen LogP contribution is 2.29. The fraction of sp³-hybridized carbons (Fsp3) is 0.533. The Morgan fingerprint density at radius 3 is 2.89 bits per heavy atom. The maximum Gasteiger partial charge on any atom is 0.0641 e. The molecule has 0 radical (unpaired) electrons. The van der Waals surface area contributed by atoms with E-state index in [0.29, 0.717) is 6.42 Å². The first-order chi connectivity index (χ1) is 8.85. The zero-order valence-corrected chi connectivity index (χ0v) is 11.0. The number of rotatable bonds is 5. The molecule has 96 valence electrons. The minimum absolute atomic E-state index is 0.262. The number of benzene rings is 1. The van der Waals surface area contributed by atoms with Crippen molar-refractivity contribution >= 4 is 0 Å². The summed E-state index contributed by atoms with van der Waals surface area (Å²) >= 11 is 0. The van der Waals surface area contributed by atoms with Crippen molar-refractivity contribution in [1.29, 1.82) is 5.26 Å². The minimum atomic E-state index is 0.262. The minimum Gasteiger partial charge on any atom is -0.319 e. The molecular formula is C15H21N3. The maximum atomic E-state index is 9.04. The molecule has 2 rings (SSSR count). The van der Waals surface area contributed by atoms with E-state index in [1.807, 2.05) is 13.1 Å². The molecule has 0 bridgehead atoms. The zero-order valence-electron chi connectivity index (χ0n) is 11.0. The Balaban J connectivity index is 2.06. The van der Waals surface area contributed by atoms with Gasteiger partial charge < -0.3 is 5.32 Å². The second-order valence-corrected chi connectivity index (χ2v) is 5.00. The standard InChI is InChI=1S/C15H21N3/c1-17-11-13-8-10-18(12-13)15(7-9-16)14-5-3-2-4-6-14/h2-6,13,15,17H,7-8,10-12H2,1H3. The van der Waals surface area contributed by atoms with E-state index >= 15 is 0 Å². The zero-order chi connectivity index (χ0) is 12.8. The molecule has 1 aromatic carbocycles. The lowest BCUT2D eigenvalue weighted by atomic mass is 10.0. The van der Waals surface area contributed by atoms with Crippen LogP contribution in [0.15, 0.2) is 30.3 Å². The molecule has 1 N–H and O–H groups in total. The Kier molecular flexibility index (Phi) is 4.74.